The number of piperazine rings is 1. The molecule has 0 radical (unpaired) electrons. The number of hydrogen-bond donors (Lipinski definition) is 1. The van der Waals surface area contributed by atoms with E-state index in [0.717, 1.165) is 46.3 Å². The van der Waals surface area contributed by atoms with Crippen LogP contribution in [0.1, 0.15) is 42.6 Å². The lowest BCUT2D eigenvalue weighted by molar-refractivity contribution is -0.161. The number of carbonyl (C=O) groups excluding carboxylic acids is 2. The van der Waals surface area contributed by atoms with Crippen molar-refractivity contribution >= 4 is 22.7 Å². The Hall–Kier alpha value is -3.28. The van der Waals surface area contributed by atoms with Crippen molar-refractivity contribution in [3.63, 3.8) is 0 Å². The number of aromatic nitrogens is 1. The van der Waals surface area contributed by atoms with E-state index < -0.39 is 6.04 Å². The van der Waals surface area contributed by atoms with Gasteiger partial charge in [-0.05, 0) is 55.0 Å². The lowest BCUT2D eigenvalue weighted by Gasteiger charge is -2.48. The molecular formula is C26H27N3O3. The van der Waals surface area contributed by atoms with Crippen LogP contribution in [0.4, 0.5) is 0 Å². The number of rotatable bonds is 4. The molecule has 1 aromatic heterocycles. The van der Waals surface area contributed by atoms with E-state index in [1.165, 1.54) is 0 Å². The minimum atomic E-state index is -0.476. The van der Waals surface area contributed by atoms with Crippen molar-refractivity contribution in [3.05, 3.63) is 65.4 Å². The summed E-state index contributed by atoms with van der Waals surface area (Å²) in [7, 11) is 1.64. The predicted molar refractivity (Wildman–Crippen MR) is 121 cm³/mol. The second-order valence-electron chi connectivity index (χ2n) is 9.30. The SMILES string of the molecule is COc1ccc([C@@H]2c3[nH]c4ccccc4c3C[C@@H]3C(=O)N(C(C)C4CC4)CC(=O)N23)cc1. The fraction of sp³-hybridized carbons (Fsp3) is 0.385. The van der Waals surface area contributed by atoms with Crippen molar-refractivity contribution in [2.75, 3.05) is 13.7 Å². The molecule has 3 atom stereocenters. The standard InChI is InChI=1S/C26H27N3O3/c1-15(16-7-8-16)28-14-23(30)29-22(26(28)31)13-20-19-5-3-4-6-21(19)27-24(20)25(29)17-9-11-18(32-2)12-10-17/h3-6,9-12,15-16,22,25,27H,7-8,13-14H2,1-2H3/t15?,22-,25-/m1/s1. The monoisotopic (exact) mass is 429 g/mol. The van der Waals surface area contributed by atoms with Crippen LogP contribution in [0.5, 0.6) is 5.75 Å². The summed E-state index contributed by atoms with van der Waals surface area (Å²) in [6.07, 6.45) is 2.84. The largest absolute Gasteiger partial charge is 0.497 e. The number of nitrogens with zero attached hydrogens (tertiary/aromatic N) is 2. The summed E-state index contributed by atoms with van der Waals surface area (Å²) in [6.45, 7) is 2.26. The maximum Gasteiger partial charge on any atom is 0.246 e. The molecule has 2 amide bonds. The summed E-state index contributed by atoms with van der Waals surface area (Å²) in [6, 6.07) is 15.4. The topological polar surface area (TPSA) is 65.6 Å². The number of ether oxygens (including phenoxy) is 1. The van der Waals surface area contributed by atoms with Crippen molar-refractivity contribution in [1.29, 1.82) is 0 Å². The van der Waals surface area contributed by atoms with E-state index in [2.05, 4.69) is 24.0 Å². The third-order valence-corrected chi connectivity index (χ3v) is 7.52. The van der Waals surface area contributed by atoms with Crippen molar-refractivity contribution in [2.24, 2.45) is 5.92 Å². The molecule has 3 aliphatic rings. The van der Waals surface area contributed by atoms with Gasteiger partial charge in [0.2, 0.25) is 11.8 Å². The van der Waals surface area contributed by atoms with E-state index in [-0.39, 0.29) is 30.4 Å². The Morgan fingerprint density at radius 1 is 1.06 bits per heavy atom. The first-order chi connectivity index (χ1) is 15.6. The zero-order valence-corrected chi connectivity index (χ0v) is 18.4. The Morgan fingerprint density at radius 2 is 1.81 bits per heavy atom. The van der Waals surface area contributed by atoms with E-state index in [9.17, 15) is 9.59 Å². The number of hydrogen-bond acceptors (Lipinski definition) is 3. The van der Waals surface area contributed by atoms with Crippen LogP contribution in [0, 0.1) is 5.92 Å². The van der Waals surface area contributed by atoms with Gasteiger partial charge in [0.1, 0.15) is 18.3 Å². The molecule has 1 N–H and O–H groups in total. The van der Waals surface area contributed by atoms with Gasteiger partial charge in [-0.1, -0.05) is 30.3 Å². The van der Waals surface area contributed by atoms with Crippen LogP contribution in [0.25, 0.3) is 10.9 Å². The number of benzene rings is 2. The highest BCUT2D eigenvalue weighted by molar-refractivity contribution is 5.97. The summed E-state index contributed by atoms with van der Waals surface area (Å²) in [4.78, 5) is 34.5. The molecule has 6 rings (SSSR count). The van der Waals surface area contributed by atoms with Gasteiger partial charge in [0.15, 0.2) is 0 Å². The number of aromatic amines is 1. The minimum Gasteiger partial charge on any atom is -0.497 e. The second-order valence-corrected chi connectivity index (χ2v) is 9.30. The number of nitrogens with one attached hydrogen (secondary N) is 1. The van der Waals surface area contributed by atoms with Gasteiger partial charge in [0, 0.05) is 29.1 Å². The molecule has 164 valence electrons. The predicted octanol–water partition coefficient (Wildman–Crippen LogP) is 3.66. The molecule has 0 spiro atoms. The number of methoxy groups -OCH3 is 1. The summed E-state index contributed by atoms with van der Waals surface area (Å²) in [5, 5.41) is 1.13. The van der Waals surface area contributed by atoms with E-state index in [4.69, 9.17) is 4.74 Å². The zero-order valence-electron chi connectivity index (χ0n) is 18.4. The maximum absolute atomic E-state index is 13.7. The highest BCUT2D eigenvalue weighted by Gasteiger charge is 2.50. The van der Waals surface area contributed by atoms with Crippen molar-refractivity contribution < 1.29 is 14.3 Å². The summed E-state index contributed by atoms with van der Waals surface area (Å²) in [5.41, 5.74) is 4.18. The van der Waals surface area contributed by atoms with Crippen LogP contribution in [-0.4, -0.2) is 52.3 Å². The van der Waals surface area contributed by atoms with Crippen LogP contribution < -0.4 is 4.74 Å². The first kappa shape index (κ1) is 19.4. The van der Waals surface area contributed by atoms with Gasteiger partial charge in [-0.3, -0.25) is 9.59 Å². The molecule has 3 heterocycles. The number of para-hydroxylation sites is 1. The van der Waals surface area contributed by atoms with Crippen LogP contribution in [0.15, 0.2) is 48.5 Å². The Morgan fingerprint density at radius 3 is 2.53 bits per heavy atom. The third kappa shape index (κ3) is 2.85. The Kier molecular flexibility index (Phi) is 4.32. The minimum absolute atomic E-state index is 0.0206. The van der Waals surface area contributed by atoms with Crippen molar-refractivity contribution in [3.8, 4) is 5.75 Å². The first-order valence-electron chi connectivity index (χ1n) is 11.4. The van der Waals surface area contributed by atoms with E-state index in [1.807, 2.05) is 46.2 Å². The molecule has 3 aromatic rings. The molecule has 1 saturated carbocycles. The number of amides is 2. The normalized spacial score (nSPS) is 23.8. The fourth-order valence-electron chi connectivity index (χ4n) is 5.60. The first-order valence-corrected chi connectivity index (χ1v) is 11.4. The van der Waals surface area contributed by atoms with Crippen LogP contribution >= 0.6 is 0 Å². The molecule has 6 nitrogen and oxygen atoms in total. The van der Waals surface area contributed by atoms with Crippen molar-refractivity contribution in [1.82, 2.24) is 14.8 Å². The third-order valence-electron chi connectivity index (χ3n) is 7.52. The Bertz CT molecular complexity index is 1210. The molecule has 2 aromatic carbocycles. The second kappa shape index (κ2) is 7.12. The Balaban J connectivity index is 1.49. The maximum atomic E-state index is 13.7. The molecule has 0 bridgehead atoms. The molecule has 6 heteroatoms. The van der Waals surface area contributed by atoms with E-state index >= 15 is 0 Å². The number of fused-ring (bicyclic) bond motifs is 4. The lowest BCUT2D eigenvalue weighted by atomic mass is 9.86. The van der Waals surface area contributed by atoms with Gasteiger partial charge in [-0.25, -0.2) is 0 Å². The fourth-order valence-corrected chi connectivity index (χ4v) is 5.60. The molecular weight excluding hydrogens is 402 g/mol. The molecule has 2 fully saturated rings. The van der Waals surface area contributed by atoms with E-state index in [1.54, 1.807) is 7.11 Å². The zero-order chi connectivity index (χ0) is 22.0. The average molecular weight is 430 g/mol. The highest BCUT2D eigenvalue weighted by atomic mass is 16.5. The number of H-pyrrole nitrogens is 1. The molecule has 2 aliphatic heterocycles. The molecule has 1 unspecified atom stereocenters. The van der Waals surface area contributed by atoms with Gasteiger partial charge < -0.3 is 19.5 Å². The van der Waals surface area contributed by atoms with Crippen LogP contribution in [0.2, 0.25) is 0 Å². The van der Waals surface area contributed by atoms with Gasteiger partial charge in [-0.15, -0.1) is 0 Å². The number of carbonyl (C=O) groups is 2. The molecule has 32 heavy (non-hydrogen) atoms. The lowest BCUT2D eigenvalue weighted by Crippen LogP contribution is -2.64. The quantitative estimate of drug-likeness (QED) is 0.688. The van der Waals surface area contributed by atoms with Gasteiger partial charge in [-0.2, -0.15) is 0 Å². The average Bonchev–Trinajstić information content (AvgIpc) is 3.61. The Labute approximate surface area is 187 Å². The summed E-state index contributed by atoms with van der Waals surface area (Å²) >= 11 is 0. The van der Waals surface area contributed by atoms with Gasteiger partial charge in [0.25, 0.3) is 0 Å². The van der Waals surface area contributed by atoms with E-state index in [0.29, 0.717) is 12.3 Å². The molecule has 1 aliphatic carbocycles. The van der Waals surface area contributed by atoms with Gasteiger partial charge >= 0.3 is 0 Å². The van der Waals surface area contributed by atoms with Gasteiger partial charge in [0.05, 0.1) is 13.2 Å². The summed E-state index contributed by atoms with van der Waals surface area (Å²) in [5.74, 6) is 1.40. The molecule has 1 saturated heterocycles. The van der Waals surface area contributed by atoms with Crippen LogP contribution in [-0.2, 0) is 16.0 Å². The summed E-state index contributed by atoms with van der Waals surface area (Å²) < 4.78 is 5.34. The van der Waals surface area contributed by atoms with Crippen molar-refractivity contribution in [2.45, 2.75) is 44.3 Å². The van der Waals surface area contributed by atoms with Crippen LogP contribution in [0.3, 0.4) is 0 Å². The smallest absolute Gasteiger partial charge is 0.246 e. The highest BCUT2D eigenvalue weighted by Crippen LogP contribution is 2.44.